The number of hydrogen-bond acceptors (Lipinski definition) is 1. The summed E-state index contributed by atoms with van der Waals surface area (Å²) < 4.78 is 2.38. The van der Waals surface area contributed by atoms with Crippen molar-refractivity contribution in [2.45, 2.75) is 12.8 Å². The van der Waals surface area contributed by atoms with Gasteiger partial charge in [-0.25, -0.2) is 0 Å². The van der Waals surface area contributed by atoms with Crippen molar-refractivity contribution in [1.29, 1.82) is 0 Å². The summed E-state index contributed by atoms with van der Waals surface area (Å²) in [5.41, 5.74) is 16.9. The molecule has 1 aromatic heterocycles. The van der Waals surface area contributed by atoms with Gasteiger partial charge in [0.2, 0.25) is 0 Å². The molecular formula is C54H40N2. The van der Waals surface area contributed by atoms with Crippen LogP contribution in [-0.4, -0.2) is 4.57 Å². The SMILES string of the molecule is C1=CCCC(c2ccccc2-c2ccc(N(c3ccc(-c4ccccc4)cc3)c3ccc(-c4cccc(-n5c6ccccc6c6ccccc65)c4)cc3)cc2)=C1. The van der Waals surface area contributed by atoms with E-state index < -0.39 is 0 Å². The summed E-state index contributed by atoms with van der Waals surface area (Å²) in [5, 5.41) is 2.54. The van der Waals surface area contributed by atoms with Crippen LogP contribution in [0.4, 0.5) is 17.1 Å². The third-order valence-electron chi connectivity index (χ3n) is 11.1. The number of hydrogen-bond donors (Lipinski definition) is 0. The third kappa shape index (κ3) is 6.22. The Morgan fingerprint density at radius 3 is 1.50 bits per heavy atom. The Bertz CT molecular complexity index is 2820. The number of nitrogens with zero attached hydrogens (tertiary/aromatic N) is 2. The Balaban J connectivity index is 1.02. The lowest BCUT2D eigenvalue weighted by molar-refractivity contribution is 1.05. The van der Waals surface area contributed by atoms with E-state index in [0.29, 0.717) is 0 Å². The molecule has 266 valence electrons. The fraction of sp³-hybridized carbons (Fsp3) is 0.0370. The lowest BCUT2D eigenvalue weighted by atomic mass is 9.90. The van der Waals surface area contributed by atoms with Gasteiger partial charge in [-0.1, -0.05) is 158 Å². The van der Waals surface area contributed by atoms with Gasteiger partial charge in [0, 0.05) is 33.5 Å². The number of fused-ring (bicyclic) bond motifs is 3. The number of benzene rings is 8. The highest BCUT2D eigenvalue weighted by Gasteiger charge is 2.16. The van der Waals surface area contributed by atoms with E-state index in [1.807, 2.05) is 0 Å². The van der Waals surface area contributed by atoms with Crippen molar-refractivity contribution in [2.24, 2.45) is 0 Å². The van der Waals surface area contributed by atoms with Gasteiger partial charge in [-0.2, -0.15) is 0 Å². The van der Waals surface area contributed by atoms with E-state index in [4.69, 9.17) is 0 Å². The molecule has 8 aromatic carbocycles. The predicted molar refractivity (Wildman–Crippen MR) is 238 cm³/mol. The van der Waals surface area contributed by atoms with Gasteiger partial charge in [-0.05, 0) is 118 Å². The van der Waals surface area contributed by atoms with Crippen molar-refractivity contribution >= 4 is 44.4 Å². The van der Waals surface area contributed by atoms with Gasteiger partial charge in [-0.15, -0.1) is 0 Å². The maximum absolute atomic E-state index is 2.38. The second kappa shape index (κ2) is 14.6. The second-order valence-corrected chi connectivity index (χ2v) is 14.5. The van der Waals surface area contributed by atoms with Crippen LogP contribution in [0.25, 0.3) is 66.4 Å². The van der Waals surface area contributed by atoms with E-state index in [-0.39, 0.29) is 0 Å². The first-order valence-electron chi connectivity index (χ1n) is 19.5. The van der Waals surface area contributed by atoms with Crippen molar-refractivity contribution in [1.82, 2.24) is 4.57 Å². The molecule has 2 heteroatoms. The van der Waals surface area contributed by atoms with Gasteiger partial charge in [0.05, 0.1) is 11.0 Å². The Morgan fingerprint density at radius 1 is 0.393 bits per heavy atom. The zero-order valence-corrected chi connectivity index (χ0v) is 31.1. The monoisotopic (exact) mass is 716 g/mol. The molecule has 0 atom stereocenters. The quantitative estimate of drug-likeness (QED) is 0.152. The highest BCUT2D eigenvalue weighted by molar-refractivity contribution is 6.09. The molecule has 0 radical (unpaired) electrons. The van der Waals surface area contributed by atoms with Crippen LogP contribution in [-0.2, 0) is 0 Å². The molecular weight excluding hydrogens is 677 g/mol. The molecule has 0 fully saturated rings. The largest absolute Gasteiger partial charge is 0.311 e. The number of anilines is 3. The summed E-state index contributed by atoms with van der Waals surface area (Å²) in [6.07, 6.45) is 8.86. The van der Waals surface area contributed by atoms with Gasteiger partial charge in [0.15, 0.2) is 0 Å². The Morgan fingerprint density at radius 2 is 0.893 bits per heavy atom. The molecule has 1 aliphatic rings. The molecule has 1 aliphatic carbocycles. The summed E-state index contributed by atoms with van der Waals surface area (Å²) in [4.78, 5) is 2.36. The standard InChI is InChI=1S/C54H40N2/c1-3-14-39(15-4-1)40-26-32-45(33-27-40)55(47-36-30-43(31-37-47)50-21-8-7-20-49(50)42-16-5-2-6-17-42)46-34-28-41(29-35-46)44-18-13-19-48(38-44)56-53-24-11-9-22-51(53)52-23-10-12-25-54(52)56/h1-5,7-16,18-38H,6,17H2. The molecule has 56 heavy (non-hydrogen) atoms. The molecule has 0 saturated carbocycles. The predicted octanol–water partition coefficient (Wildman–Crippen LogP) is 15.0. The Kier molecular flexibility index (Phi) is 8.70. The van der Waals surface area contributed by atoms with E-state index >= 15 is 0 Å². The zero-order valence-electron chi connectivity index (χ0n) is 31.1. The summed E-state index contributed by atoms with van der Waals surface area (Å²) in [6.45, 7) is 0. The van der Waals surface area contributed by atoms with Crippen molar-refractivity contribution in [2.75, 3.05) is 4.90 Å². The molecule has 10 rings (SSSR count). The van der Waals surface area contributed by atoms with Gasteiger partial charge in [0.1, 0.15) is 0 Å². The van der Waals surface area contributed by atoms with Crippen LogP contribution < -0.4 is 4.90 Å². The molecule has 0 saturated heterocycles. The van der Waals surface area contributed by atoms with Crippen LogP contribution in [0, 0.1) is 0 Å². The molecule has 1 heterocycles. The molecule has 0 bridgehead atoms. The lowest BCUT2D eigenvalue weighted by Gasteiger charge is -2.26. The first-order valence-corrected chi connectivity index (χ1v) is 19.5. The van der Waals surface area contributed by atoms with Crippen molar-refractivity contribution in [3.8, 4) is 39.1 Å². The van der Waals surface area contributed by atoms with E-state index in [1.54, 1.807) is 0 Å². The highest BCUT2D eigenvalue weighted by Crippen LogP contribution is 2.40. The molecule has 2 nitrogen and oxygen atoms in total. The highest BCUT2D eigenvalue weighted by atomic mass is 15.1. The maximum Gasteiger partial charge on any atom is 0.0541 e. The van der Waals surface area contributed by atoms with Crippen LogP contribution >= 0.6 is 0 Å². The average Bonchev–Trinajstić information content (AvgIpc) is 3.62. The number of para-hydroxylation sites is 2. The Hall–Kier alpha value is -7.16. The van der Waals surface area contributed by atoms with E-state index in [0.717, 1.165) is 35.6 Å². The van der Waals surface area contributed by atoms with Crippen LogP contribution in [0.1, 0.15) is 18.4 Å². The van der Waals surface area contributed by atoms with Gasteiger partial charge in [0.25, 0.3) is 0 Å². The fourth-order valence-corrected chi connectivity index (χ4v) is 8.34. The van der Waals surface area contributed by atoms with Gasteiger partial charge < -0.3 is 9.47 Å². The normalized spacial score (nSPS) is 12.5. The number of rotatable bonds is 8. The van der Waals surface area contributed by atoms with Crippen LogP contribution in [0.5, 0.6) is 0 Å². The number of aromatic nitrogens is 1. The molecule has 0 aliphatic heterocycles. The van der Waals surface area contributed by atoms with Gasteiger partial charge in [-0.3, -0.25) is 0 Å². The van der Waals surface area contributed by atoms with Crippen molar-refractivity contribution in [3.05, 3.63) is 224 Å². The zero-order chi connectivity index (χ0) is 37.3. The summed E-state index contributed by atoms with van der Waals surface area (Å²) in [7, 11) is 0. The molecule has 0 spiro atoms. The first-order chi connectivity index (χ1) is 27.8. The molecule has 9 aromatic rings. The fourth-order valence-electron chi connectivity index (χ4n) is 8.34. The third-order valence-corrected chi connectivity index (χ3v) is 11.1. The van der Waals surface area contributed by atoms with Crippen molar-refractivity contribution < 1.29 is 0 Å². The second-order valence-electron chi connectivity index (χ2n) is 14.5. The first kappa shape index (κ1) is 33.4. The molecule has 0 amide bonds. The number of allylic oxidation sites excluding steroid dienone is 4. The minimum Gasteiger partial charge on any atom is -0.311 e. The van der Waals surface area contributed by atoms with E-state index in [2.05, 4.69) is 228 Å². The summed E-state index contributed by atoms with van der Waals surface area (Å²) >= 11 is 0. The summed E-state index contributed by atoms with van der Waals surface area (Å²) in [5.74, 6) is 0. The van der Waals surface area contributed by atoms with Gasteiger partial charge >= 0.3 is 0 Å². The average molecular weight is 717 g/mol. The lowest BCUT2D eigenvalue weighted by Crippen LogP contribution is -2.09. The minimum absolute atomic E-state index is 1.07. The van der Waals surface area contributed by atoms with Crippen LogP contribution in [0.2, 0.25) is 0 Å². The molecule has 0 N–H and O–H groups in total. The van der Waals surface area contributed by atoms with E-state index in [9.17, 15) is 0 Å². The van der Waals surface area contributed by atoms with Crippen LogP contribution in [0.3, 0.4) is 0 Å². The molecule has 0 unspecified atom stereocenters. The smallest absolute Gasteiger partial charge is 0.0541 e. The van der Waals surface area contributed by atoms with Crippen molar-refractivity contribution in [3.63, 3.8) is 0 Å². The van der Waals surface area contributed by atoms with Crippen LogP contribution in [0.15, 0.2) is 218 Å². The Labute approximate surface area is 328 Å². The summed E-state index contributed by atoms with van der Waals surface area (Å²) in [6, 6.07) is 72.6. The topological polar surface area (TPSA) is 8.17 Å². The minimum atomic E-state index is 1.07. The van der Waals surface area contributed by atoms with E-state index in [1.165, 1.54) is 66.3 Å². The maximum atomic E-state index is 2.38.